The first-order chi connectivity index (χ1) is 14.2. The van der Waals surface area contributed by atoms with E-state index in [1.165, 1.54) is 11.3 Å². The lowest BCUT2D eigenvalue weighted by Gasteiger charge is -2.16. The van der Waals surface area contributed by atoms with Crippen molar-refractivity contribution < 1.29 is 4.79 Å². The van der Waals surface area contributed by atoms with Crippen LogP contribution in [0.1, 0.15) is 16.7 Å². The summed E-state index contributed by atoms with van der Waals surface area (Å²) in [5.74, 6) is 0.218. The van der Waals surface area contributed by atoms with E-state index in [9.17, 15) is 10.1 Å². The van der Waals surface area contributed by atoms with E-state index in [0.29, 0.717) is 10.9 Å². The van der Waals surface area contributed by atoms with Crippen LogP contribution in [-0.4, -0.2) is 39.4 Å². The molecule has 3 heterocycles. The van der Waals surface area contributed by atoms with Crippen molar-refractivity contribution in [3.63, 3.8) is 0 Å². The molecule has 2 fully saturated rings. The first-order valence-electron chi connectivity index (χ1n) is 9.53. The van der Waals surface area contributed by atoms with Crippen molar-refractivity contribution >= 4 is 28.6 Å². The van der Waals surface area contributed by atoms with E-state index < -0.39 is 0 Å². The Morgan fingerprint density at radius 2 is 1.97 bits per heavy atom. The third-order valence-electron chi connectivity index (χ3n) is 5.51. The van der Waals surface area contributed by atoms with E-state index in [0.717, 1.165) is 28.4 Å². The summed E-state index contributed by atoms with van der Waals surface area (Å²) in [7, 11) is 0. The Morgan fingerprint density at radius 3 is 2.76 bits per heavy atom. The molecule has 3 atom stereocenters. The van der Waals surface area contributed by atoms with Crippen LogP contribution in [0.4, 0.5) is 11.4 Å². The second-order valence-corrected chi connectivity index (χ2v) is 8.44. The van der Waals surface area contributed by atoms with Gasteiger partial charge in [0.25, 0.3) is 5.91 Å². The van der Waals surface area contributed by atoms with Crippen LogP contribution in [0, 0.1) is 17.4 Å². The standard InChI is InChI=1S/C22H19N5OS/c1-14-12-26(13-23)21-19(14)27(21)22(28)20-24-11-18(29-20)16-9-5-6-10-17(16)25-15-7-3-2-4-8-15/h2-11,14,19,21,25H,12H2,1H3/t14?,19-,21?,27?/m1/s1. The van der Waals surface area contributed by atoms with Gasteiger partial charge in [-0.15, -0.1) is 11.3 Å². The van der Waals surface area contributed by atoms with Crippen molar-refractivity contribution in [3.8, 4) is 16.6 Å². The maximum Gasteiger partial charge on any atom is 0.284 e. The van der Waals surface area contributed by atoms with Crippen LogP contribution in [0.5, 0.6) is 0 Å². The van der Waals surface area contributed by atoms with E-state index in [-0.39, 0.29) is 18.1 Å². The van der Waals surface area contributed by atoms with Crippen LogP contribution in [0.25, 0.3) is 10.4 Å². The number of hydrogen-bond donors (Lipinski definition) is 1. The van der Waals surface area contributed by atoms with Gasteiger partial charge in [-0.05, 0) is 24.1 Å². The normalized spacial score (nSPS) is 22.1. The maximum atomic E-state index is 13.0. The van der Waals surface area contributed by atoms with Crippen molar-refractivity contribution in [2.45, 2.75) is 19.1 Å². The number of aromatic nitrogens is 1. The van der Waals surface area contributed by atoms with E-state index in [1.54, 1.807) is 16.0 Å². The number of nitrogens with zero attached hydrogens (tertiary/aromatic N) is 4. The van der Waals surface area contributed by atoms with Crippen molar-refractivity contribution in [2.24, 2.45) is 5.92 Å². The van der Waals surface area contributed by atoms with Gasteiger partial charge >= 0.3 is 0 Å². The molecule has 2 aliphatic rings. The van der Waals surface area contributed by atoms with Crippen LogP contribution >= 0.6 is 11.3 Å². The number of benzene rings is 2. The molecule has 1 amide bonds. The van der Waals surface area contributed by atoms with Gasteiger partial charge in [0.2, 0.25) is 0 Å². The Hall–Kier alpha value is -3.37. The van der Waals surface area contributed by atoms with Gasteiger partial charge in [0.1, 0.15) is 6.17 Å². The fourth-order valence-corrected chi connectivity index (χ4v) is 5.01. The van der Waals surface area contributed by atoms with Gasteiger partial charge in [-0.1, -0.05) is 43.3 Å². The van der Waals surface area contributed by atoms with Gasteiger partial charge in [0, 0.05) is 29.7 Å². The number of nitrogens with one attached hydrogen (secondary N) is 1. The topological polar surface area (TPSA) is 72.0 Å². The zero-order chi connectivity index (χ0) is 20.0. The smallest absolute Gasteiger partial charge is 0.284 e. The number of likely N-dealkylation sites (tertiary alicyclic amines) is 1. The van der Waals surface area contributed by atoms with E-state index in [1.807, 2.05) is 54.6 Å². The molecule has 144 valence electrons. The number of fused-ring (bicyclic) bond motifs is 1. The number of nitriles is 1. The average Bonchev–Trinajstić information content (AvgIpc) is 3.12. The number of amides is 1. The molecule has 0 aliphatic carbocycles. The van der Waals surface area contributed by atoms with E-state index >= 15 is 0 Å². The molecule has 2 aromatic carbocycles. The van der Waals surface area contributed by atoms with Crippen LogP contribution in [0.15, 0.2) is 60.8 Å². The summed E-state index contributed by atoms with van der Waals surface area (Å²) in [5, 5.41) is 13.2. The second-order valence-electron chi connectivity index (χ2n) is 7.41. The fourth-order valence-electron chi connectivity index (χ4n) is 4.11. The highest BCUT2D eigenvalue weighted by molar-refractivity contribution is 7.17. The van der Waals surface area contributed by atoms with Crippen LogP contribution < -0.4 is 5.32 Å². The number of carbonyl (C=O) groups excluding carboxylic acids is 1. The summed E-state index contributed by atoms with van der Waals surface area (Å²) < 4.78 is 0. The van der Waals surface area contributed by atoms with Gasteiger partial charge in [-0.2, -0.15) is 5.26 Å². The third-order valence-corrected chi connectivity index (χ3v) is 6.52. The predicted octanol–water partition coefficient (Wildman–Crippen LogP) is 4.14. The molecule has 0 bridgehead atoms. The first kappa shape index (κ1) is 17.7. The number of rotatable bonds is 4. The van der Waals surface area contributed by atoms with E-state index in [2.05, 4.69) is 23.4 Å². The minimum atomic E-state index is -0.0955. The number of thiazole rings is 1. The molecule has 0 spiro atoms. The molecule has 0 saturated carbocycles. The first-order valence-corrected chi connectivity index (χ1v) is 10.4. The summed E-state index contributed by atoms with van der Waals surface area (Å²) in [5.41, 5.74) is 2.98. The summed E-state index contributed by atoms with van der Waals surface area (Å²) in [4.78, 5) is 21.8. The Balaban J connectivity index is 1.39. The van der Waals surface area contributed by atoms with Gasteiger partial charge in [-0.25, -0.2) is 4.98 Å². The van der Waals surface area contributed by atoms with Crippen LogP contribution in [-0.2, 0) is 0 Å². The molecule has 7 heteroatoms. The summed E-state index contributed by atoms with van der Waals surface area (Å²) in [6.07, 6.45) is 3.86. The molecule has 2 saturated heterocycles. The molecule has 5 rings (SSSR count). The van der Waals surface area contributed by atoms with Crippen LogP contribution in [0.2, 0.25) is 0 Å². The maximum absolute atomic E-state index is 13.0. The number of hydrogen-bond acceptors (Lipinski definition) is 6. The third kappa shape index (κ3) is 3.02. The van der Waals surface area contributed by atoms with Crippen molar-refractivity contribution in [1.82, 2.24) is 14.8 Å². The number of carbonyl (C=O) groups is 1. The summed E-state index contributed by atoms with van der Waals surface area (Å²) >= 11 is 1.39. The lowest BCUT2D eigenvalue weighted by Crippen LogP contribution is -2.30. The molecule has 2 aliphatic heterocycles. The van der Waals surface area contributed by atoms with E-state index in [4.69, 9.17) is 0 Å². The molecular weight excluding hydrogens is 382 g/mol. The van der Waals surface area contributed by atoms with Gasteiger partial charge in [0.15, 0.2) is 11.2 Å². The van der Waals surface area contributed by atoms with Gasteiger partial charge in [0.05, 0.1) is 10.9 Å². The molecule has 3 aromatic rings. The minimum Gasteiger partial charge on any atom is -0.355 e. The van der Waals surface area contributed by atoms with Crippen molar-refractivity contribution in [1.29, 1.82) is 5.26 Å². The predicted molar refractivity (Wildman–Crippen MR) is 113 cm³/mol. The minimum absolute atomic E-state index is 0.0865. The fraction of sp³-hybridized carbons (Fsp3) is 0.227. The zero-order valence-corrected chi connectivity index (χ0v) is 16.6. The SMILES string of the molecule is CC1CN(C#N)C2[C@@H]1N2C(=O)c1ncc(-c2ccccc2Nc2ccccc2)s1. The molecule has 0 radical (unpaired) electrons. The number of anilines is 2. The lowest BCUT2D eigenvalue weighted by atomic mass is 10.1. The quantitative estimate of drug-likeness (QED) is 0.526. The largest absolute Gasteiger partial charge is 0.355 e. The lowest BCUT2D eigenvalue weighted by molar-refractivity contribution is 0.0816. The van der Waals surface area contributed by atoms with Crippen molar-refractivity contribution in [3.05, 3.63) is 65.8 Å². The van der Waals surface area contributed by atoms with Gasteiger partial charge in [-0.3, -0.25) is 9.69 Å². The molecule has 29 heavy (non-hydrogen) atoms. The van der Waals surface area contributed by atoms with Crippen LogP contribution in [0.3, 0.4) is 0 Å². The Morgan fingerprint density at radius 1 is 1.21 bits per heavy atom. The molecule has 1 aromatic heterocycles. The Kier molecular flexibility index (Phi) is 4.22. The summed E-state index contributed by atoms with van der Waals surface area (Å²) in [6, 6.07) is 18.1. The molecule has 6 nitrogen and oxygen atoms in total. The Labute approximate surface area is 173 Å². The van der Waals surface area contributed by atoms with Crippen molar-refractivity contribution in [2.75, 3.05) is 11.9 Å². The monoisotopic (exact) mass is 401 g/mol. The molecule has 2 unspecified atom stereocenters. The Bertz CT molecular complexity index is 1110. The van der Waals surface area contributed by atoms with Gasteiger partial charge < -0.3 is 10.2 Å². The molecule has 1 N–H and O–H groups in total. The molecular formula is C22H19N5OS. The average molecular weight is 401 g/mol. The second kappa shape index (κ2) is 6.90. The highest BCUT2D eigenvalue weighted by Crippen LogP contribution is 2.45. The summed E-state index contributed by atoms with van der Waals surface area (Å²) in [6.45, 7) is 2.80. The number of para-hydroxylation sites is 2. The zero-order valence-electron chi connectivity index (χ0n) is 15.8. The highest BCUT2D eigenvalue weighted by atomic mass is 32.1. The highest BCUT2D eigenvalue weighted by Gasteiger charge is 2.62.